The van der Waals surface area contributed by atoms with Gasteiger partial charge in [-0.25, -0.2) is 4.79 Å². The molecule has 0 radical (unpaired) electrons. The smallest absolute Gasteiger partial charge is 0.314 e. The van der Waals surface area contributed by atoms with E-state index in [0.29, 0.717) is 38.4 Å². The number of ether oxygens (including phenoxy) is 2. The number of urea groups is 1. The fourth-order valence-electron chi connectivity index (χ4n) is 1.99. The Bertz CT molecular complexity index is 521. The van der Waals surface area contributed by atoms with Crippen LogP contribution in [0.25, 0.3) is 0 Å². The number of hydrogen-bond acceptors (Lipinski definition) is 4. The maximum atomic E-state index is 11.6. The molecule has 22 heavy (non-hydrogen) atoms. The summed E-state index contributed by atoms with van der Waals surface area (Å²) in [6.45, 7) is 3.28. The Morgan fingerprint density at radius 3 is 2.64 bits per heavy atom. The van der Waals surface area contributed by atoms with Crippen molar-refractivity contribution in [3.8, 4) is 11.5 Å². The number of rotatable bonds is 6. The van der Waals surface area contributed by atoms with Crippen LogP contribution in [-0.4, -0.2) is 44.3 Å². The second kappa shape index (κ2) is 8.11. The van der Waals surface area contributed by atoms with Crippen molar-refractivity contribution in [1.29, 1.82) is 0 Å². The molecule has 0 saturated carbocycles. The summed E-state index contributed by atoms with van der Waals surface area (Å²) in [6.07, 6.45) is 0.476. The molecule has 0 aliphatic carbocycles. The third-order valence-corrected chi connectivity index (χ3v) is 3.07. The van der Waals surface area contributed by atoms with Gasteiger partial charge in [0.05, 0.1) is 6.54 Å². The number of fused-ring (bicyclic) bond motifs is 1. The molecule has 2 rings (SSSR count). The van der Waals surface area contributed by atoms with Crippen LogP contribution in [0.1, 0.15) is 13.3 Å². The lowest BCUT2D eigenvalue weighted by Gasteiger charge is -2.26. The van der Waals surface area contributed by atoms with E-state index in [1.54, 1.807) is 0 Å². The summed E-state index contributed by atoms with van der Waals surface area (Å²) >= 11 is 0. The predicted octanol–water partition coefficient (Wildman–Crippen LogP) is 0.652. The quantitative estimate of drug-likeness (QED) is 0.673. The molecule has 0 fully saturated rings. The zero-order valence-corrected chi connectivity index (χ0v) is 12.6. The third kappa shape index (κ3) is 5.16. The Morgan fingerprint density at radius 2 is 1.86 bits per heavy atom. The minimum absolute atomic E-state index is 0.0702. The summed E-state index contributed by atoms with van der Waals surface area (Å²) in [7, 11) is 0. The van der Waals surface area contributed by atoms with Gasteiger partial charge in [0.25, 0.3) is 0 Å². The largest absolute Gasteiger partial charge is 0.486 e. The molecule has 1 aliphatic rings. The molecule has 1 aliphatic heterocycles. The summed E-state index contributed by atoms with van der Waals surface area (Å²) in [5, 5.41) is 8.12. The van der Waals surface area contributed by atoms with Gasteiger partial charge in [-0.1, -0.05) is 12.1 Å². The van der Waals surface area contributed by atoms with E-state index < -0.39 is 0 Å². The van der Waals surface area contributed by atoms with E-state index in [0.717, 1.165) is 5.75 Å². The minimum atomic E-state index is -0.259. The molecule has 1 aromatic rings. The highest BCUT2D eigenvalue weighted by molar-refractivity contribution is 5.74. The van der Waals surface area contributed by atoms with Crippen molar-refractivity contribution in [3.63, 3.8) is 0 Å². The Labute approximate surface area is 129 Å². The molecule has 0 bridgehead atoms. The summed E-state index contributed by atoms with van der Waals surface area (Å²) in [4.78, 5) is 22.3. The monoisotopic (exact) mass is 307 g/mol. The number of amides is 3. The summed E-state index contributed by atoms with van der Waals surface area (Å²) in [6, 6.07) is 7.18. The Morgan fingerprint density at radius 1 is 1.14 bits per heavy atom. The summed E-state index contributed by atoms with van der Waals surface area (Å²) < 4.78 is 11.3. The lowest BCUT2D eigenvalue weighted by atomic mass is 10.2. The van der Waals surface area contributed by atoms with Crippen LogP contribution in [0.4, 0.5) is 4.79 Å². The molecule has 3 amide bonds. The molecule has 1 unspecified atom stereocenters. The van der Waals surface area contributed by atoms with E-state index >= 15 is 0 Å². The number of carbonyl (C=O) groups is 2. The Kier molecular flexibility index (Phi) is 5.88. The molecule has 7 nitrogen and oxygen atoms in total. The summed E-state index contributed by atoms with van der Waals surface area (Å²) in [5.74, 6) is 1.34. The van der Waals surface area contributed by atoms with Gasteiger partial charge in [0.1, 0.15) is 6.61 Å². The molecule has 3 N–H and O–H groups in total. The van der Waals surface area contributed by atoms with Gasteiger partial charge < -0.3 is 25.4 Å². The average molecular weight is 307 g/mol. The fourth-order valence-corrected chi connectivity index (χ4v) is 1.99. The zero-order valence-electron chi connectivity index (χ0n) is 12.6. The van der Waals surface area contributed by atoms with Gasteiger partial charge in [-0.05, 0) is 18.6 Å². The zero-order chi connectivity index (χ0) is 15.8. The molecular formula is C15H21N3O4. The highest BCUT2D eigenvalue weighted by Crippen LogP contribution is 2.30. The lowest BCUT2D eigenvalue weighted by Crippen LogP contribution is -2.44. The fraction of sp³-hybridized carbons (Fsp3) is 0.467. The molecule has 7 heteroatoms. The first-order valence-electron chi connectivity index (χ1n) is 7.30. The van der Waals surface area contributed by atoms with E-state index in [2.05, 4.69) is 16.0 Å². The molecule has 0 spiro atoms. The van der Waals surface area contributed by atoms with E-state index in [-0.39, 0.29) is 18.0 Å². The first kappa shape index (κ1) is 15.9. The summed E-state index contributed by atoms with van der Waals surface area (Å²) in [5.41, 5.74) is 0. The third-order valence-electron chi connectivity index (χ3n) is 3.07. The van der Waals surface area contributed by atoms with Crippen LogP contribution in [0.3, 0.4) is 0 Å². The van der Waals surface area contributed by atoms with Crippen molar-refractivity contribution in [3.05, 3.63) is 24.3 Å². The molecule has 1 atom stereocenters. The second-order valence-corrected chi connectivity index (χ2v) is 4.97. The van der Waals surface area contributed by atoms with Crippen LogP contribution in [-0.2, 0) is 4.79 Å². The maximum absolute atomic E-state index is 11.6. The van der Waals surface area contributed by atoms with Gasteiger partial charge in [-0.15, -0.1) is 0 Å². The highest BCUT2D eigenvalue weighted by Gasteiger charge is 2.20. The van der Waals surface area contributed by atoms with Crippen molar-refractivity contribution in [1.82, 2.24) is 16.0 Å². The van der Waals surface area contributed by atoms with E-state index in [9.17, 15) is 9.59 Å². The number of hydrogen-bond donors (Lipinski definition) is 3. The lowest BCUT2D eigenvalue weighted by molar-refractivity contribution is -0.118. The van der Waals surface area contributed by atoms with Crippen molar-refractivity contribution >= 4 is 11.9 Å². The first-order chi connectivity index (χ1) is 10.6. The molecule has 0 saturated heterocycles. The van der Waals surface area contributed by atoms with Gasteiger partial charge in [0.15, 0.2) is 17.6 Å². The Hall–Kier alpha value is -2.44. The standard InChI is InChI=1S/C15H21N3O4/c1-11(19)16-7-4-8-17-15(20)18-9-12-10-21-13-5-2-3-6-14(13)22-12/h2-3,5-6,12H,4,7-10H2,1H3,(H,16,19)(H2,17,18,20). The van der Waals surface area contributed by atoms with Crippen LogP contribution in [0.5, 0.6) is 11.5 Å². The average Bonchev–Trinajstić information content (AvgIpc) is 2.52. The van der Waals surface area contributed by atoms with Crippen LogP contribution in [0.15, 0.2) is 24.3 Å². The van der Waals surface area contributed by atoms with Crippen LogP contribution in [0, 0.1) is 0 Å². The molecule has 1 heterocycles. The molecule has 120 valence electrons. The van der Waals surface area contributed by atoms with Crippen molar-refractivity contribution < 1.29 is 19.1 Å². The van der Waals surface area contributed by atoms with Gasteiger partial charge in [-0.3, -0.25) is 4.79 Å². The minimum Gasteiger partial charge on any atom is -0.486 e. The van der Waals surface area contributed by atoms with Gasteiger partial charge in [0.2, 0.25) is 5.91 Å². The van der Waals surface area contributed by atoms with Crippen molar-refractivity contribution in [2.75, 3.05) is 26.2 Å². The molecule has 0 aromatic heterocycles. The van der Waals surface area contributed by atoms with Crippen LogP contribution in [0.2, 0.25) is 0 Å². The van der Waals surface area contributed by atoms with E-state index in [1.807, 2.05) is 24.3 Å². The topological polar surface area (TPSA) is 88.7 Å². The number of nitrogens with one attached hydrogen (secondary N) is 3. The molecule has 1 aromatic carbocycles. The van der Waals surface area contributed by atoms with E-state index in [4.69, 9.17) is 9.47 Å². The molecular weight excluding hydrogens is 286 g/mol. The SMILES string of the molecule is CC(=O)NCCCNC(=O)NCC1COc2ccccc2O1. The van der Waals surface area contributed by atoms with Gasteiger partial charge in [0, 0.05) is 20.0 Å². The normalized spacial score (nSPS) is 15.8. The highest BCUT2D eigenvalue weighted by atomic mass is 16.6. The van der Waals surface area contributed by atoms with Crippen LogP contribution >= 0.6 is 0 Å². The predicted molar refractivity (Wildman–Crippen MR) is 81.1 cm³/mol. The number of carbonyl (C=O) groups excluding carboxylic acids is 2. The maximum Gasteiger partial charge on any atom is 0.314 e. The number of benzene rings is 1. The van der Waals surface area contributed by atoms with Crippen molar-refractivity contribution in [2.45, 2.75) is 19.4 Å². The van der Waals surface area contributed by atoms with Gasteiger partial charge in [-0.2, -0.15) is 0 Å². The van der Waals surface area contributed by atoms with Crippen molar-refractivity contribution in [2.24, 2.45) is 0 Å². The second-order valence-electron chi connectivity index (χ2n) is 4.97. The van der Waals surface area contributed by atoms with Crippen LogP contribution < -0.4 is 25.4 Å². The number of para-hydroxylation sites is 2. The first-order valence-corrected chi connectivity index (χ1v) is 7.30. The van der Waals surface area contributed by atoms with Gasteiger partial charge >= 0.3 is 6.03 Å². The van der Waals surface area contributed by atoms with E-state index in [1.165, 1.54) is 6.92 Å². The Balaban J connectivity index is 1.60.